The molecule has 0 spiro atoms. The van der Waals surface area contributed by atoms with E-state index in [2.05, 4.69) is 96.1 Å². The molecule has 0 radical (unpaired) electrons. The van der Waals surface area contributed by atoms with E-state index in [9.17, 15) is 0 Å². The zero-order chi connectivity index (χ0) is 31.2. The number of hydrogen-bond acceptors (Lipinski definition) is 6. The quantitative estimate of drug-likeness (QED) is 0.192. The van der Waals surface area contributed by atoms with Gasteiger partial charge in [-0.3, -0.25) is 0 Å². The summed E-state index contributed by atoms with van der Waals surface area (Å²) in [4.78, 5) is 15.0. The Hall–Kier alpha value is -6.11. The molecule has 0 saturated carbocycles. The highest BCUT2D eigenvalue weighted by Crippen LogP contribution is 2.41. The van der Waals surface area contributed by atoms with Crippen molar-refractivity contribution in [3.05, 3.63) is 152 Å². The molecule has 220 valence electrons. The lowest BCUT2D eigenvalue weighted by Gasteiger charge is -2.10. The highest BCUT2D eigenvalue weighted by molar-refractivity contribution is 7.26. The lowest BCUT2D eigenvalue weighted by atomic mass is 10.0. The first-order valence-corrected chi connectivity index (χ1v) is 16.2. The second kappa shape index (κ2) is 11.4. The van der Waals surface area contributed by atoms with Crippen LogP contribution in [-0.2, 0) is 0 Å². The minimum absolute atomic E-state index is 0.646. The molecular weight excluding hydrogens is 595 g/mol. The van der Waals surface area contributed by atoms with Crippen LogP contribution in [0.25, 0.3) is 87.6 Å². The van der Waals surface area contributed by atoms with Crippen molar-refractivity contribution in [3.63, 3.8) is 0 Å². The van der Waals surface area contributed by atoms with Crippen molar-refractivity contribution in [2.24, 2.45) is 0 Å². The summed E-state index contributed by atoms with van der Waals surface area (Å²) in [6.07, 6.45) is 0. The number of benzene rings is 6. The van der Waals surface area contributed by atoms with E-state index in [-0.39, 0.29) is 0 Å². The van der Waals surface area contributed by atoms with E-state index in [1.165, 1.54) is 20.2 Å². The molecule has 0 aliphatic heterocycles. The number of aromatic nitrogens is 5. The van der Waals surface area contributed by atoms with Crippen LogP contribution in [0.5, 0.6) is 0 Å². The van der Waals surface area contributed by atoms with Gasteiger partial charge in [0.1, 0.15) is 0 Å². The highest BCUT2D eigenvalue weighted by atomic mass is 32.1. The highest BCUT2D eigenvalue weighted by Gasteiger charge is 2.18. The summed E-state index contributed by atoms with van der Waals surface area (Å²) >= 11 is 1.77. The van der Waals surface area contributed by atoms with Crippen LogP contribution in [0, 0.1) is 0 Å². The van der Waals surface area contributed by atoms with Crippen LogP contribution in [0.15, 0.2) is 152 Å². The first-order chi connectivity index (χ1) is 23.3. The number of rotatable bonds is 5. The van der Waals surface area contributed by atoms with Gasteiger partial charge in [0.25, 0.3) is 0 Å². The van der Waals surface area contributed by atoms with Gasteiger partial charge >= 0.3 is 0 Å². The molecule has 3 aromatic heterocycles. The molecule has 0 saturated heterocycles. The Kier molecular flexibility index (Phi) is 6.58. The fourth-order valence-electron chi connectivity index (χ4n) is 6.18. The third kappa shape index (κ3) is 4.92. The number of nitrogens with zero attached hydrogens (tertiary/aromatic N) is 5. The zero-order valence-electron chi connectivity index (χ0n) is 25.1. The van der Waals surface area contributed by atoms with Gasteiger partial charge in [0.05, 0.1) is 11.4 Å². The van der Waals surface area contributed by atoms with Gasteiger partial charge in [0.2, 0.25) is 0 Å². The maximum atomic E-state index is 5.04. The summed E-state index contributed by atoms with van der Waals surface area (Å²) in [7, 11) is 0. The summed E-state index contributed by atoms with van der Waals surface area (Å²) in [5, 5.41) is 14.0. The van der Waals surface area contributed by atoms with Crippen molar-refractivity contribution in [3.8, 4) is 56.7 Å². The van der Waals surface area contributed by atoms with Gasteiger partial charge in [-0.2, -0.15) is 0 Å². The zero-order valence-corrected chi connectivity index (χ0v) is 25.9. The molecule has 47 heavy (non-hydrogen) atoms. The van der Waals surface area contributed by atoms with E-state index in [0.29, 0.717) is 17.5 Å². The molecule has 0 unspecified atom stereocenters. The molecule has 9 aromatic rings. The Balaban J connectivity index is 1.18. The van der Waals surface area contributed by atoms with E-state index in [1.54, 1.807) is 11.3 Å². The number of fused-ring (bicyclic) bond motifs is 4. The third-order valence-corrected chi connectivity index (χ3v) is 9.60. The molecule has 0 aliphatic rings. The monoisotopic (exact) mass is 619 g/mol. The summed E-state index contributed by atoms with van der Waals surface area (Å²) in [5.74, 6) is 1.94. The molecule has 6 heteroatoms. The van der Waals surface area contributed by atoms with Gasteiger partial charge in [-0.15, -0.1) is 21.5 Å². The first kappa shape index (κ1) is 27.2. The Labute approximate surface area is 274 Å². The summed E-state index contributed by atoms with van der Waals surface area (Å²) in [6.45, 7) is 0. The van der Waals surface area contributed by atoms with Crippen molar-refractivity contribution in [1.29, 1.82) is 0 Å². The van der Waals surface area contributed by atoms with Gasteiger partial charge in [-0.05, 0) is 41.1 Å². The van der Waals surface area contributed by atoms with Crippen molar-refractivity contribution in [2.75, 3.05) is 0 Å². The van der Waals surface area contributed by atoms with Gasteiger partial charge in [-0.1, -0.05) is 121 Å². The second-order valence-electron chi connectivity index (χ2n) is 11.4. The van der Waals surface area contributed by atoms with Crippen LogP contribution in [0.2, 0.25) is 0 Å². The maximum absolute atomic E-state index is 5.04. The van der Waals surface area contributed by atoms with Crippen molar-refractivity contribution in [1.82, 2.24) is 25.1 Å². The molecule has 0 aliphatic carbocycles. The van der Waals surface area contributed by atoms with E-state index in [1.807, 2.05) is 60.7 Å². The fourth-order valence-corrected chi connectivity index (χ4v) is 7.29. The molecule has 0 atom stereocenters. The smallest absolute Gasteiger partial charge is 0.164 e. The second-order valence-corrected chi connectivity index (χ2v) is 12.4. The Bertz CT molecular complexity index is 2500. The van der Waals surface area contributed by atoms with Crippen molar-refractivity contribution >= 4 is 42.3 Å². The van der Waals surface area contributed by atoms with E-state index in [0.717, 1.165) is 50.0 Å². The minimum Gasteiger partial charge on any atom is -0.208 e. The van der Waals surface area contributed by atoms with Gasteiger partial charge < -0.3 is 0 Å². The van der Waals surface area contributed by atoms with Gasteiger partial charge in [0, 0.05) is 48.0 Å². The van der Waals surface area contributed by atoms with Crippen LogP contribution in [0.4, 0.5) is 0 Å². The van der Waals surface area contributed by atoms with Crippen LogP contribution in [-0.4, -0.2) is 25.1 Å². The first-order valence-electron chi connectivity index (χ1n) is 15.4. The molecule has 3 heterocycles. The lowest BCUT2D eigenvalue weighted by Crippen LogP contribution is -2.00. The average Bonchev–Trinajstić information content (AvgIpc) is 3.53. The normalized spacial score (nSPS) is 11.4. The Morgan fingerprint density at radius 3 is 1.74 bits per heavy atom. The van der Waals surface area contributed by atoms with Gasteiger partial charge in [0.15, 0.2) is 17.5 Å². The van der Waals surface area contributed by atoms with E-state index in [4.69, 9.17) is 20.1 Å². The largest absolute Gasteiger partial charge is 0.208 e. The fraction of sp³-hybridized carbons (Fsp3) is 0. The standard InChI is InChI=1S/C41H25N5S/c1-3-12-27(13-4-1)39-42-40(28-14-5-2-6-15-28)44-41(43-39)32-19-10-20-37-38(32)33-25-29(21-24-36(33)47-37)34-22-23-35(46-45-34)31-18-9-16-26-11-7-8-17-30(26)31/h1-25H. The minimum atomic E-state index is 0.646. The number of thiophene rings is 1. The van der Waals surface area contributed by atoms with Crippen molar-refractivity contribution < 1.29 is 0 Å². The van der Waals surface area contributed by atoms with Crippen LogP contribution in [0.1, 0.15) is 0 Å². The predicted octanol–water partition coefficient (Wildman–Crippen LogP) is 10.5. The lowest BCUT2D eigenvalue weighted by molar-refractivity contribution is 1.05. The molecule has 0 bridgehead atoms. The molecular formula is C41H25N5S. The van der Waals surface area contributed by atoms with Crippen molar-refractivity contribution in [2.45, 2.75) is 0 Å². The Morgan fingerprint density at radius 1 is 0.383 bits per heavy atom. The summed E-state index contributed by atoms with van der Waals surface area (Å²) in [5.41, 5.74) is 6.63. The third-order valence-electron chi connectivity index (χ3n) is 8.46. The molecule has 0 fully saturated rings. The van der Waals surface area contributed by atoms with Crippen LogP contribution >= 0.6 is 11.3 Å². The van der Waals surface area contributed by atoms with Gasteiger partial charge in [-0.25, -0.2) is 15.0 Å². The molecule has 0 N–H and O–H groups in total. The molecule has 6 aromatic carbocycles. The molecule has 0 amide bonds. The topological polar surface area (TPSA) is 64.5 Å². The summed E-state index contributed by atoms with van der Waals surface area (Å²) in [6, 6.07) is 51.8. The Morgan fingerprint density at radius 2 is 1.00 bits per heavy atom. The van der Waals surface area contributed by atoms with E-state index < -0.39 is 0 Å². The summed E-state index contributed by atoms with van der Waals surface area (Å²) < 4.78 is 2.37. The van der Waals surface area contributed by atoms with Crippen LogP contribution in [0.3, 0.4) is 0 Å². The van der Waals surface area contributed by atoms with Crippen LogP contribution < -0.4 is 0 Å². The molecule has 9 rings (SSSR count). The molecule has 5 nitrogen and oxygen atoms in total. The average molecular weight is 620 g/mol. The predicted molar refractivity (Wildman–Crippen MR) is 193 cm³/mol. The number of hydrogen-bond donors (Lipinski definition) is 0. The van der Waals surface area contributed by atoms with E-state index >= 15 is 0 Å². The maximum Gasteiger partial charge on any atom is 0.164 e. The SMILES string of the molecule is c1ccc(-c2nc(-c3ccccc3)nc(-c3cccc4sc5ccc(-c6ccc(-c7cccc8ccccc78)nn6)cc5c34)n2)cc1.